The topological polar surface area (TPSA) is 86.0 Å². The van der Waals surface area contributed by atoms with Gasteiger partial charge in [-0.2, -0.15) is 5.26 Å². The molecule has 2 rings (SSSR count). The summed E-state index contributed by atoms with van der Waals surface area (Å²) in [5.41, 5.74) is 0.978. The molecule has 0 bridgehead atoms. The van der Waals surface area contributed by atoms with Crippen molar-refractivity contribution in [2.45, 2.75) is 5.92 Å². The lowest BCUT2D eigenvalue weighted by Gasteiger charge is -2.15. The average Bonchev–Trinajstić information content (AvgIpc) is 2.50. The number of carboxylic acid groups (broad SMARTS) is 1. The second-order valence-electron chi connectivity index (χ2n) is 4.32. The molecule has 1 aromatic heterocycles. The van der Waals surface area contributed by atoms with Gasteiger partial charge in [0.25, 0.3) is 0 Å². The highest BCUT2D eigenvalue weighted by Gasteiger charge is 2.20. The van der Waals surface area contributed by atoms with E-state index in [0.29, 0.717) is 16.9 Å². The summed E-state index contributed by atoms with van der Waals surface area (Å²) in [6.45, 7) is 0.126. The van der Waals surface area contributed by atoms with Crippen LogP contribution >= 0.6 is 11.6 Å². The molecule has 0 saturated carbocycles. The van der Waals surface area contributed by atoms with Crippen LogP contribution in [0, 0.1) is 11.3 Å². The molecule has 0 aliphatic carbocycles. The van der Waals surface area contributed by atoms with Gasteiger partial charge in [0.2, 0.25) is 0 Å². The predicted molar refractivity (Wildman–Crippen MR) is 79.3 cm³/mol. The maximum absolute atomic E-state index is 11.4. The first-order valence-electron chi connectivity index (χ1n) is 6.19. The van der Waals surface area contributed by atoms with Gasteiger partial charge in [0, 0.05) is 12.7 Å². The maximum atomic E-state index is 11.4. The van der Waals surface area contributed by atoms with E-state index in [4.69, 9.17) is 16.9 Å². The molecule has 0 fully saturated rings. The number of halogens is 1. The molecule has 0 amide bonds. The SMILES string of the molecule is N#Cc1ccnc(NCC(C(=O)O)c2ccccc2)c1Cl. The fourth-order valence-electron chi connectivity index (χ4n) is 1.89. The number of hydrogen-bond donors (Lipinski definition) is 2. The Bertz CT molecular complexity index is 683. The molecule has 0 spiro atoms. The van der Waals surface area contributed by atoms with Crippen molar-refractivity contribution < 1.29 is 9.90 Å². The van der Waals surface area contributed by atoms with Crippen molar-refractivity contribution in [3.05, 3.63) is 58.7 Å². The van der Waals surface area contributed by atoms with Gasteiger partial charge in [-0.1, -0.05) is 41.9 Å². The summed E-state index contributed by atoms with van der Waals surface area (Å²) in [6.07, 6.45) is 1.45. The minimum Gasteiger partial charge on any atom is -0.481 e. The summed E-state index contributed by atoms with van der Waals surface area (Å²) < 4.78 is 0. The summed E-state index contributed by atoms with van der Waals surface area (Å²) in [6, 6.07) is 12.3. The quantitative estimate of drug-likeness (QED) is 0.887. The van der Waals surface area contributed by atoms with Gasteiger partial charge in [0.15, 0.2) is 0 Å². The van der Waals surface area contributed by atoms with E-state index >= 15 is 0 Å². The van der Waals surface area contributed by atoms with Gasteiger partial charge in [-0.15, -0.1) is 0 Å². The number of aliphatic carboxylic acids is 1. The van der Waals surface area contributed by atoms with Crippen molar-refractivity contribution in [3.63, 3.8) is 0 Å². The third-order valence-corrected chi connectivity index (χ3v) is 3.37. The molecule has 106 valence electrons. The van der Waals surface area contributed by atoms with Crippen LogP contribution in [-0.2, 0) is 4.79 Å². The maximum Gasteiger partial charge on any atom is 0.312 e. The smallest absolute Gasteiger partial charge is 0.312 e. The first kappa shape index (κ1) is 14.8. The van der Waals surface area contributed by atoms with Crippen LogP contribution in [-0.4, -0.2) is 22.6 Å². The third kappa shape index (κ3) is 3.50. The van der Waals surface area contributed by atoms with E-state index in [1.54, 1.807) is 24.3 Å². The summed E-state index contributed by atoms with van der Waals surface area (Å²) in [5.74, 6) is -1.37. The Labute approximate surface area is 126 Å². The highest BCUT2D eigenvalue weighted by atomic mass is 35.5. The molecule has 21 heavy (non-hydrogen) atoms. The number of benzene rings is 1. The second kappa shape index (κ2) is 6.73. The number of nitrogens with zero attached hydrogens (tertiary/aromatic N) is 2. The summed E-state index contributed by atoms with van der Waals surface area (Å²) >= 11 is 6.02. The zero-order valence-electron chi connectivity index (χ0n) is 11.0. The van der Waals surface area contributed by atoms with E-state index in [0.717, 1.165) is 0 Å². The van der Waals surface area contributed by atoms with E-state index < -0.39 is 11.9 Å². The number of rotatable bonds is 5. The van der Waals surface area contributed by atoms with Crippen molar-refractivity contribution in [2.75, 3.05) is 11.9 Å². The average molecular weight is 302 g/mol. The van der Waals surface area contributed by atoms with Crippen molar-refractivity contribution in [1.82, 2.24) is 4.98 Å². The largest absolute Gasteiger partial charge is 0.481 e. The van der Waals surface area contributed by atoms with Gasteiger partial charge < -0.3 is 10.4 Å². The molecule has 0 aliphatic heterocycles. The number of nitriles is 1. The number of hydrogen-bond acceptors (Lipinski definition) is 4. The van der Waals surface area contributed by atoms with Crippen LogP contribution in [0.25, 0.3) is 0 Å². The van der Waals surface area contributed by atoms with E-state index in [-0.39, 0.29) is 11.6 Å². The lowest BCUT2D eigenvalue weighted by atomic mass is 9.99. The zero-order chi connectivity index (χ0) is 15.2. The summed E-state index contributed by atoms with van der Waals surface area (Å²) in [4.78, 5) is 15.4. The monoisotopic (exact) mass is 301 g/mol. The van der Waals surface area contributed by atoms with Crippen molar-refractivity contribution in [2.24, 2.45) is 0 Å². The van der Waals surface area contributed by atoms with Crippen LogP contribution in [0.3, 0.4) is 0 Å². The summed E-state index contributed by atoms with van der Waals surface area (Å²) in [5, 5.41) is 21.3. The number of carboxylic acids is 1. The zero-order valence-corrected chi connectivity index (χ0v) is 11.7. The van der Waals surface area contributed by atoms with Crippen LogP contribution in [0.4, 0.5) is 5.82 Å². The van der Waals surface area contributed by atoms with Crippen LogP contribution < -0.4 is 5.32 Å². The Hall–Kier alpha value is -2.58. The first-order valence-corrected chi connectivity index (χ1v) is 6.57. The molecule has 5 nitrogen and oxygen atoms in total. The standard InChI is InChI=1S/C15H12ClN3O2/c16-13-11(8-17)6-7-18-14(13)19-9-12(15(20)21)10-4-2-1-3-5-10/h1-7,12H,9H2,(H,18,19)(H,20,21). The van der Waals surface area contributed by atoms with Gasteiger partial charge in [-0.05, 0) is 11.6 Å². The number of pyridine rings is 1. The molecular weight excluding hydrogens is 290 g/mol. The highest BCUT2D eigenvalue weighted by molar-refractivity contribution is 6.34. The first-order chi connectivity index (χ1) is 10.1. The van der Waals surface area contributed by atoms with Crippen LogP contribution in [0.2, 0.25) is 5.02 Å². The Morgan fingerprint density at radius 3 is 2.71 bits per heavy atom. The van der Waals surface area contributed by atoms with E-state index in [1.807, 2.05) is 12.1 Å². The number of nitrogens with one attached hydrogen (secondary N) is 1. The van der Waals surface area contributed by atoms with Crippen LogP contribution in [0.1, 0.15) is 17.0 Å². The molecule has 1 aromatic carbocycles. The molecule has 6 heteroatoms. The molecule has 2 aromatic rings. The molecule has 1 unspecified atom stereocenters. The normalized spacial score (nSPS) is 11.4. The van der Waals surface area contributed by atoms with Gasteiger partial charge in [-0.25, -0.2) is 4.98 Å². The predicted octanol–water partition coefficient (Wildman–Crippen LogP) is 2.89. The highest BCUT2D eigenvalue weighted by Crippen LogP contribution is 2.24. The second-order valence-corrected chi connectivity index (χ2v) is 4.69. The lowest BCUT2D eigenvalue weighted by Crippen LogP contribution is -2.21. The molecule has 0 radical (unpaired) electrons. The van der Waals surface area contributed by atoms with E-state index in [2.05, 4.69) is 10.3 Å². The fraction of sp³-hybridized carbons (Fsp3) is 0.133. The molecule has 2 N–H and O–H groups in total. The Morgan fingerprint density at radius 1 is 1.38 bits per heavy atom. The Kier molecular flexibility index (Phi) is 4.75. The Morgan fingerprint density at radius 2 is 2.10 bits per heavy atom. The number of carbonyl (C=O) groups is 1. The van der Waals surface area contributed by atoms with E-state index in [1.165, 1.54) is 12.3 Å². The van der Waals surface area contributed by atoms with E-state index in [9.17, 15) is 9.90 Å². The third-order valence-electron chi connectivity index (χ3n) is 2.98. The van der Waals surface area contributed by atoms with Crippen LogP contribution in [0.15, 0.2) is 42.6 Å². The fourth-order valence-corrected chi connectivity index (χ4v) is 2.11. The van der Waals surface area contributed by atoms with Crippen molar-refractivity contribution >= 4 is 23.4 Å². The Balaban J connectivity index is 2.17. The lowest BCUT2D eigenvalue weighted by molar-refractivity contribution is -0.138. The van der Waals surface area contributed by atoms with Crippen molar-refractivity contribution in [3.8, 4) is 6.07 Å². The molecule has 1 atom stereocenters. The van der Waals surface area contributed by atoms with Gasteiger partial charge in [-0.3, -0.25) is 4.79 Å². The van der Waals surface area contributed by atoms with Crippen molar-refractivity contribution in [1.29, 1.82) is 5.26 Å². The number of aromatic nitrogens is 1. The van der Waals surface area contributed by atoms with Gasteiger partial charge in [0.05, 0.1) is 11.5 Å². The van der Waals surface area contributed by atoms with Gasteiger partial charge in [0.1, 0.15) is 16.9 Å². The summed E-state index contributed by atoms with van der Waals surface area (Å²) in [7, 11) is 0. The molecule has 0 aliphatic rings. The molecule has 0 saturated heterocycles. The van der Waals surface area contributed by atoms with Gasteiger partial charge >= 0.3 is 5.97 Å². The minimum absolute atomic E-state index is 0.126. The minimum atomic E-state index is -0.943. The molecular formula is C15H12ClN3O2. The molecule has 1 heterocycles. The van der Waals surface area contributed by atoms with Crippen LogP contribution in [0.5, 0.6) is 0 Å². The number of anilines is 1.